The number of benzene rings is 1. The van der Waals surface area contributed by atoms with Gasteiger partial charge >= 0.3 is 0 Å². The Kier molecular flexibility index (Phi) is 4.09. The maximum absolute atomic E-state index is 12.2. The number of nitrogens with zero attached hydrogens (tertiary/aromatic N) is 1. The molecule has 0 saturated carbocycles. The van der Waals surface area contributed by atoms with Crippen molar-refractivity contribution in [2.24, 2.45) is 0 Å². The summed E-state index contributed by atoms with van der Waals surface area (Å²) in [5.41, 5.74) is 0.333. The summed E-state index contributed by atoms with van der Waals surface area (Å²) in [5.74, 6) is 1.48. The van der Waals surface area contributed by atoms with Crippen molar-refractivity contribution in [3.63, 3.8) is 0 Å². The first-order valence-electron chi connectivity index (χ1n) is 5.79. The maximum atomic E-state index is 12.2. The number of hydrogen-bond donors (Lipinski definition) is 2. The molecule has 1 aromatic carbocycles. The second-order valence-corrected chi connectivity index (χ2v) is 3.83. The Morgan fingerprint density at radius 2 is 1.75 bits per heavy atom. The Morgan fingerprint density at radius 1 is 1.10 bits per heavy atom. The highest BCUT2D eigenvalue weighted by atomic mass is 16.5. The summed E-state index contributed by atoms with van der Waals surface area (Å²) in [6.45, 7) is 0. The Balaban J connectivity index is 2.36. The Hall–Kier alpha value is -2.70. The summed E-state index contributed by atoms with van der Waals surface area (Å²) in [6, 6.07) is 3.16. The van der Waals surface area contributed by atoms with Gasteiger partial charge in [-0.2, -0.15) is 0 Å². The predicted molar refractivity (Wildman–Crippen MR) is 72.6 cm³/mol. The van der Waals surface area contributed by atoms with Crippen molar-refractivity contribution >= 4 is 11.7 Å². The molecule has 0 aliphatic carbocycles. The summed E-state index contributed by atoms with van der Waals surface area (Å²) in [5, 5.41) is 2.67. The molecule has 0 aliphatic rings. The fourth-order valence-corrected chi connectivity index (χ4v) is 1.72. The second-order valence-electron chi connectivity index (χ2n) is 3.83. The first-order valence-corrected chi connectivity index (χ1v) is 5.79. The van der Waals surface area contributed by atoms with Gasteiger partial charge in [0, 0.05) is 12.1 Å². The minimum absolute atomic E-state index is 0.333. The lowest BCUT2D eigenvalue weighted by Gasteiger charge is -2.13. The van der Waals surface area contributed by atoms with Crippen molar-refractivity contribution < 1.29 is 19.0 Å². The SMILES string of the molecule is COc1cc(OC)c(C(=O)Nc2cnc[nH]2)cc1OC. The number of carbonyl (C=O) groups is 1. The first-order chi connectivity index (χ1) is 9.69. The van der Waals surface area contributed by atoms with Gasteiger partial charge in [0.05, 0.1) is 39.4 Å². The lowest BCUT2D eigenvalue weighted by atomic mass is 10.1. The van der Waals surface area contributed by atoms with Crippen LogP contribution in [-0.4, -0.2) is 37.2 Å². The van der Waals surface area contributed by atoms with Gasteiger partial charge in [-0.05, 0) is 0 Å². The van der Waals surface area contributed by atoms with Crippen LogP contribution in [0.1, 0.15) is 10.4 Å². The summed E-state index contributed by atoms with van der Waals surface area (Å²) in [7, 11) is 4.50. The summed E-state index contributed by atoms with van der Waals surface area (Å²) in [4.78, 5) is 18.8. The zero-order chi connectivity index (χ0) is 14.5. The average Bonchev–Trinajstić information content (AvgIpc) is 2.98. The molecule has 20 heavy (non-hydrogen) atoms. The number of aromatic amines is 1. The molecule has 0 saturated heterocycles. The van der Waals surface area contributed by atoms with Gasteiger partial charge < -0.3 is 24.5 Å². The van der Waals surface area contributed by atoms with E-state index in [2.05, 4.69) is 15.3 Å². The third-order valence-corrected chi connectivity index (χ3v) is 2.70. The van der Waals surface area contributed by atoms with E-state index in [-0.39, 0.29) is 5.91 Å². The fourth-order valence-electron chi connectivity index (χ4n) is 1.72. The van der Waals surface area contributed by atoms with Gasteiger partial charge in [0.15, 0.2) is 11.5 Å². The number of nitrogens with one attached hydrogen (secondary N) is 2. The lowest BCUT2D eigenvalue weighted by Crippen LogP contribution is -2.14. The van der Waals surface area contributed by atoms with E-state index in [4.69, 9.17) is 14.2 Å². The number of imidazole rings is 1. The smallest absolute Gasteiger partial charge is 0.260 e. The van der Waals surface area contributed by atoms with E-state index in [0.717, 1.165) is 0 Å². The van der Waals surface area contributed by atoms with Crippen LogP contribution >= 0.6 is 0 Å². The minimum Gasteiger partial charge on any atom is -0.496 e. The highest BCUT2D eigenvalue weighted by molar-refractivity contribution is 6.06. The maximum Gasteiger partial charge on any atom is 0.260 e. The van der Waals surface area contributed by atoms with Crippen LogP contribution in [0.3, 0.4) is 0 Å². The van der Waals surface area contributed by atoms with Gasteiger partial charge in [0.1, 0.15) is 11.6 Å². The van der Waals surface area contributed by atoms with Crippen LogP contribution in [0.2, 0.25) is 0 Å². The molecule has 2 rings (SSSR count). The van der Waals surface area contributed by atoms with Crippen molar-refractivity contribution in [1.82, 2.24) is 9.97 Å². The molecule has 2 aromatic rings. The highest BCUT2D eigenvalue weighted by Crippen LogP contribution is 2.34. The number of anilines is 1. The molecule has 1 heterocycles. The van der Waals surface area contributed by atoms with Crippen LogP contribution in [0.15, 0.2) is 24.7 Å². The van der Waals surface area contributed by atoms with E-state index in [1.54, 1.807) is 12.1 Å². The first kappa shape index (κ1) is 13.7. The third kappa shape index (κ3) is 2.66. The standard InChI is InChI=1S/C13H15N3O4/c1-18-9-5-11(20-3)10(19-2)4-8(9)13(17)16-12-6-14-7-15-12/h4-7H,1-3H3,(H,14,15)(H,16,17). The average molecular weight is 277 g/mol. The van der Waals surface area contributed by atoms with E-state index in [0.29, 0.717) is 28.6 Å². The lowest BCUT2D eigenvalue weighted by molar-refractivity contribution is 0.102. The summed E-state index contributed by atoms with van der Waals surface area (Å²) >= 11 is 0. The predicted octanol–water partition coefficient (Wildman–Crippen LogP) is 1.69. The van der Waals surface area contributed by atoms with Gasteiger partial charge in [-0.15, -0.1) is 0 Å². The topological polar surface area (TPSA) is 85.5 Å². The molecule has 106 valence electrons. The number of carbonyl (C=O) groups excluding carboxylic acids is 1. The van der Waals surface area contributed by atoms with Crippen molar-refractivity contribution in [3.05, 3.63) is 30.2 Å². The van der Waals surface area contributed by atoms with E-state index >= 15 is 0 Å². The van der Waals surface area contributed by atoms with E-state index < -0.39 is 0 Å². The zero-order valence-corrected chi connectivity index (χ0v) is 11.4. The summed E-state index contributed by atoms with van der Waals surface area (Å²) in [6.07, 6.45) is 2.98. The number of rotatable bonds is 5. The molecule has 1 amide bonds. The number of hydrogen-bond acceptors (Lipinski definition) is 5. The fraction of sp³-hybridized carbons (Fsp3) is 0.231. The monoisotopic (exact) mass is 277 g/mol. The molecule has 0 spiro atoms. The molecule has 0 unspecified atom stereocenters. The molecule has 7 heteroatoms. The second kappa shape index (κ2) is 5.96. The van der Waals surface area contributed by atoms with Crippen LogP contribution < -0.4 is 19.5 Å². The molecule has 0 fully saturated rings. The van der Waals surface area contributed by atoms with Crippen LogP contribution in [0.5, 0.6) is 17.2 Å². The minimum atomic E-state index is -0.341. The molecule has 7 nitrogen and oxygen atoms in total. The van der Waals surface area contributed by atoms with Gasteiger partial charge in [0.25, 0.3) is 5.91 Å². The largest absolute Gasteiger partial charge is 0.496 e. The molecule has 0 atom stereocenters. The molecule has 0 radical (unpaired) electrons. The van der Waals surface area contributed by atoms with Crippen LogP contribution in [0, 0.1) is 0 Å². The Bertz CT molecular complexity index is 596. The molecule has 1 aromatic heterocycles. The molecular formula is C13H15N3O4. The van der Waals surface area contributed by atoms with E-state index in [1.807, 2.05) is 0 Å². The molecule has 0 aliphatic heterocycles. The van der Waals surface area contributed by atoms with Crippen molar-refractivity contribution in [2.75, 3.05) is 26.6 Å². The number of ether oxygens (including phenoxy) is 3. The Labute approximate surface area is 115 Å². The van der Waals surface area contributed by atoms with Crippen molar-refractivity contribution in [2.45, 2.75) is 0 Å². The summed E-state index contributed by atoms with van der Waals surface area (Å²) < 4.78 is 15.6. The normalized spacial score (nSPS) is 9.95. The molecule has 2 N–H and O–H groups in total. The van der Waals surface area contributed by atoms with Crippen molar-refractivity contribution in [1.29, 1.82) is 0 Å². The van der Waals surface area contributed by atoms with Crippen LogP contribution in [0.25, 0.3) is 0 Å². The number of amides is 1. The van der Waals surface area contributed by atoms with Gasteiger partial charge in [-0.1, -0.05) is 0 Å². The van der Waals surface area contributed by atoms with Crippen LogP contribution in [-0.2, 0) is 0 Å². The number of methoxy groups -OCH3 is 3. The van der Waals surface area contributed by atoms with E-state index in [9.17, 15) is 4.79 Å². The highest BCUT2D eigenvalue weighted by Gasteiger charge is 2.18. The van der Waals surface area contributed by atoms with Crippen LogP contribution in [0.4, 0.5) is 5.82 Å². The third-order valence-electron chi connectivity index (χ3n) is 2.70. The van der Waals surface area contributed by atoms with Crippen molar-refractivity contribution in [3.8, 4) is 17.2 Å². The Morgan fingerprint density at radius 3 is 2.30 bits per heavy atom. The zero-order valence-electron chi connectivity index (χ0n) is 11.4. The number of aromatic nitrogens is 2. The van der Waals surface area contributed by atoms with Gasteiger partial charge in [0.2, 0.25) is 0 Å². The van der Waals surface area contributed by atoms with Gasteiger partial charge in [-0.3, -0.25) is 4.79 Å². The quantitative estimate of drug-likeness (QED) is 0.868. The van der Waals surface area contributed by atoms with Gasteiger partial charge in [-0.25, -0.2) is 4.98 Å². The number of H-pyrrole nitrogens is 1. The van der Waals surface area contributed by atoms with E-state index in [1.165, 1.54) is 33.9 Å². The molecule has 0 bridgehead atoms. The molecular weight excluding hydrogens is 262 g/mol.